The summed E-state index contributed by atoms with van der Waals surface area (Å²) in [5.74, 6) is 0. The number of hydrogen-bond donors (Lipinski definition) is 2. The zero-order chi connectivity index (χ0) is 11.8. The van der Waals surface area contributed by atoms with Crippen LogP contribution in [0.25, 0.3) is 10.9 Å². The maximum Gasteiger partial charge on any atom is 0.0854 e. The first-order valence-corrected chi connectivity index (χ1v) is 6.35. The predicted molar refractivity (Wildman–Crippen MR) is 68.1 cm³/mol. The lowest BCUT2D eigenvalue weighted by atomic mass is 10.1. The van der Waals surface area contributed by atoms with Crippen LogP contribution in [0.1, 0.15) is 11.6 Å². The van der Waals surface area contributed by atoms with E-state index in [-0.39, 0.29) is 6.04 Å². The van der Waals surface area contributed by atoms with Crippen LogP contribution in [0.15, 0.2) is 28.9 Å². The van der Waals surface area contributed by atoms with Gasteiger partial charge in [-0.3, -0.25) is 0 Å². The van der Waals surface area contributed by atoms with Gasteiger partial charge in [0.05, 0.1) is 19.3 Å². The molecule has 0 amide bonds. The molecule has 1 atom stereocenters. The van der Waals surface area contributed by atoms with Gasteiger partial charge in [0.2, 0.25) is 0 Å². The minimum atomic E-state index is -0.0909. The van der Waals surface area contributed by atoms with Crippen LogP contribution in [0, 0.1) is 0 Å². The van der Waals surface area contributed by atoms with Crippen molar-refractivity contribution in [1.29, 1.82) is 0 Å². The summed E-state index contributed by atoms with van der Waals surface area (Å²) in [6.45, 7) is 1.65. The van der Waals surface area contributed by atoms with Crippen LogP contribution in [0.3, 0.4) is 0 Å². The molecule has 1 aliphatic rings. The number of aromatic nitrogens is 1. The van der Waals surface area contributed by atoms with E-state index in [2.05, 4.69) is 27.0 Å². The van der Waals surface area contributed by atoms with Crippen LogP contribution < -0.4 is 0 Å². The van der Waals surface area contributed by atoms with Gasteiger partial charge in [-0.05, 0) is 23.8 Å². The molecule has 1 aromatic heterocycles. The fraction of sp³-hybridized carbons (Fsp3) is 0.333. The highest BCUT2D eigenvalue weighted by molar-refractivity contribution is 9.10. The van der Waals surface area contributed by atoms with Crippen molar-refractivity contribution in [2.75, 3.05) is 19.8 Å². The van der Waals surface area contributed by atoms with Crippen LogP contribution in [0.4, 0.5) is 0 Å². The molecule has 2 heterocycles. The third-order valence-corrected chi connectivity index (χ3v) is 3.63. The first-order valence-electron chi connectivity index (χ1n) is 5.55. The minimum Gasteiger partial charge on any atom is -0.378 e. The van der Waals surface area contributed by atoms with Gasteiger partial charge in [0.15, 0.2) is 0 Å². The first-order chi connectivity index (χ1) is 8.25. The average molecular weight is 297 g/mol. The Kier molecular flexibility index (Phi) is 2.92. The van der Waals surface area contributed by atoms with Crippen molar-refractivity contribution < 1.29 is 9.94 Å². The second-order valence-electron chi connectivity index (χ2n) is 4.19. The molecule has 1 unspecified atom stereocenters. The second kappa shape index (κ2) is 4.42. The van der Waals surface area contributed by atoms with E-state index in [1.54, 1.807) is 0 Å². The van der Waals surface area contributed by atoms with Gasteiger partial charge in [0.25, 0.3) is 0 Å². The predicted octanol–water partition coefficient (Wildman–Crippen LogP) is 2.69. The lowest BCUT2D eigenvalue weighted by Crippen LogP contribution is -2.36. The van der Waals surface area contributed by atoms with Crippen molar-refractivity contribution in [3.05, 3.63) is 34.4 Å². The largest absolute Gasteiger partial charge is 0.378 e. The number of morpholine rings is 1. The Hall–Kier alpha value is -0.880. The number of nitrogens with one attached hydrogen (secondary N) is 1. The summed E-state index contributed by atoms with van der Waals surface area (Å²) in [5.41, 5.74) is 2.14. The van der Waals surface area contributed by atoms with Crippen LogP contribution in [-0.2, 0) is 4.74 Å². The Morgan fingerprint density at radius 1 is 1.47 bits per heavy atom. The molecule has 2 aromatic rings. The van der Waals surface area contributed by atoms with E-state index in [1.165, 1.54) is 5.06 Å². The molecule has 0 radical (unpaired) electrons. The number of fused-ring (bicyclic) bond motifs is 1. The van der Waals surface area contributed by atoms with Gasteiger partial charge < -0.3 is 14.9 Å². The van der Waals surface area contributed by atoms with Gasteiger partial charge in [-0.2, -0.15) is 5.06 Å². The van der Waals surface area contributed by atoms with E-state index in [1.807, 2.05) is 18.3 Å². The molecule has 3 rings (SSSR count). The summed E-state index contributed by atoms with van der Waals surface area (Å²) in [7, 11) is 0. The zero-order valence-corrected chi connectivity index (χ0v) is 10.8. The number of rotatable bonds is 1. The summed E-state index contributed by atoms with van der Waals surface area (Å²) < 4.78 is 6.46. The van der Waals surface area contributed by atoms with E-state index < -0.39 is 0 Å². The number of H-pyrrole nitrogens is 1. The normalized spacial score (nSPS) is 22.1. The highest BCUT2D eigenvalue weighted by atomic mass is 79.9. The lowest BCUT2D eigenvalue weighted by molar-refractivity contribution is -0.182. The standard InChI is InChI=1S/C12H13BrN2O2/c13-8-1-2-11-9(5-8)10(6-14-11)12-7-17-4-3-15(12)16/h1-2,5-6,12,14,16H,3-4,7H2. The molecular formula is C12H13BrN2O2. The van der Waals surface area contributed by atoms with E-state index in [4.69, 9.17) is 4.74 Å². The molecule has 17 heavy (non-hydrogen) atoms. The van der Waals surface area contributed by atoms with E-state index in [0.29, 0.717) is 19.8 Å². The van der Waals surface area contributed by atoms with Crippen molar-refractivity contribution >= 4 is 26.8 Å². The Labute approximate surface area is 107 Å². The molecule has 1 saturated heterocycles. The van der Waals surface area contributed by atoms with Gasteiger partial charge in [0, 0.05) is 28.1 Å². The number of benzene rings is 1. The van der Waals surface area contributed by atoms with Crippen molar-refractivity contribution in [2.24, 2.45) is 0 Å². The molecule has 0 saturated carbocycles. The molecule has 0 spiro atoms. The number of aromatic amines is 1. The monoisotopic (exact) mass is 296 g/mol. The molecule has 0 bridgehead atoms. The molecule has 1 aromatic carbocycles. The topological polar surface area (TPSA) is 48.5 Å². The van der Waals surface area contributed by atoms with Gasteiger partial charge in [-0.15, -0.1) is 0 Å². The SMILES string of the molecule is ON1CCOCC1c1c[nH]c2ccc(Br)cc12. The molecule has 4 nitrogen and oxygen atoms in total. The fourth-order valence-electron chi connectivity index (χ4n) is 2.24. The summed E-state index contributed by atoms with van der Waals surface area (Å²) in [6, 6.07) is 5.99. The van der Waals surface area contributed by atoms with Crippen LogP contribution in [0.5, 0.6) is 0 Å². The van der Waals surface area contributed by atoms with Crippen molar-refractivity contribution in [2.45, 2.75) is 6.04 Å². The maximum absolute atomic E-state index is 9.90. The van der Waals surface area contributed by atoms with Crippen molar-refractivity contribution in [3.8, 4) is 0 Å². The summed E-state index contributed by atoms with van der Waals surface area (Å²) in [6.07, 6.45) is 1.94. The number of nitrogens with zero attached hydrogens (tertiary/aromatic N) is 1. The zero-order valence-electron chi connectivity index (χ0n) is 9.19. The number of hydrogen-bond acceptors (Lipinski definition) is 3. The number of ether oxygens (including phenoxy) is 1. The summed E-state index contributed by atoms with van der Waals surface area (Å²) >= 11 is 3.47. The molecule has 2 N–H and O–H groups in total. The quantitative estimate of drug-likeness (QED) is 0.851. The second-order valence-corrected chi connectivity index (χ2v) is 5.10. The van der Waals surface area contributed by atoms with Crippen molar-refractivity contribution in [3.63, 3.8) is 0 Å². The average Bonchev–Trinajstić information content (AvgIpc) is 2.72. The highest BCUT2D eigenvalue weighted by Gasteiger charge is 2.25. The van der Waals surface area contributed by atoms with E-state index in [0.717, 1.165) is 20.9 Å². The molecule has 1 aliphatic heterocycles. The highest BCUT2D eigenvalue weighted by Crippen LogP contribution is 2.30. The van der Waals surface area contributed by atoms with Gasteiger partial charge in [0.1, 0.15) is 0 Å². The Balaban J connectivity index is 2.07. The van der Waals surface area contributed by atoms with Crippen LogP contribution >= 0.6 is 15.9 Å². The van der Waals surface area contributed by atoms with Crippen LogP contribution in [-0.4, -0.2) is 35.0 Å². The Bertz CT molecular complexity index is 540. The summed E-state index contributed by atoms with van der Waals surface area (Å²) in [5, 5.41) is 12.4. The molecule has 5 heteroatoms. The fourth-order valence-corrected chi connectivity index (χ4v) is 2.60. The third kappa shape index (κ3) is 1.99. The minimum absolute atomic E-state index is 0.0909. The third-order valence-electron chi connectivity index (χ3n) is 3.14. The lowest BCUT2D eigenvalue weighted by Gasteiger charge is -2.30. The van der Waals surface area contributed by atoms with Crippen molar-refractivity contribution in [1.82, 2.24) is 10.0 Å². The molecule has 0 aliphatic carbocycles. The molecule has 1 fully saturated rings. The smallest absolute Gasteiger partial charge is 0.0854 e. The Morgan fingerprint density at radius 2 is 2.35 bits per heavy atom. The number of halogens is 1. The molecular weight excluding hydrogens is 284 g/mol. The van der Waals surface area contributed by atoms with Gasteiger partial charge in [-0.25, -0.2) is 0 Å². The first kappa shape index (κ1) is 11.2. The van der Waals surface area contributed by atoms with Gasteiger partial charge in [-0.1, -0.05) is 15.9 Å². The number of hydroxylamine groups is 2. The van der Waals surface area contributed by atoms with Crippen LogP contribution in [0.2, 0.25) is 0 Å². The Morgan fingerprint density at radius 3 is 3.18 bits per heavy atom. The van der Waals surface area contributed by atoms with Gasteiger partial charge >= 0.3 is 0 Å². The van der Waals surface area contributed by atoms with E-state index >= 15 is 0 Å². The maximum atomic E-state index is 9.90. The van der Waals surface area contributed by atoms with E-state index in [9.17, 15) is 5.21 Å². The molecule has 90 valence electrons. The summed E-state index contributed by atoms with van der Waals surface area (Å²) in [4.78, 5) is 3.22.